The number of hydrogen-bond donors (Lipinski definition) is 1. The van der Waals surface area contributed by atoms with E-state index in [9.17, 15) is 4.79 Å². The average molecular weight is 235 g/mol. The highest BCUT2D eigenvalue weighted by atomic mass is 35.5. The van der Waals surface area contributed by atoms with Gasteiger partial charge < -0.3 is 10.2 Å². The van der Waals surface area contributed by atoms with Crippen molar-refractivity contribution >= 4 is 18.3 Å². The molecule has 0 radical (unpaired) electrons. The van der Waals surface area contributed by atoms with Crippen molar-refractivity contribution in [1.82, 2.24) is 10.2 Å². The molecule has 2 atom stereocenters. The summed E-state index contributed by atoms with van der Waals surface area (Å²) in [5, 5.41) is 2.93. The van der Waals surface area contributed by atoms with Crippen LogP contribution in [0, 0.1) is 5.92 Å². The molecule has 0 saturated carbocycles. The zero-order valence-corrected chi connectivity index (χ0v) is 10.8. The number of carbonyl (C=O) groups is 1. The molecule has 0 spiro atoms. The Morgan fingerprint density at radius 3 is 2.67 bits per heavy atom. The molecular formula is C11H23ClN2O. The minimum atomic E-state index is 0. The summed E-state index contributed by atoms with van der Waals surface area (Å²) in [6.45, 7) is 5.79. The highest BCUT2D eigenvalue weighted by molar-refractivity contribution is 5.85. The molecule has 15 heavy (non-hydrogen) atoms. The highest BCUT2D eigenvalue weighted by Crippen LogP contribution is 2.20. The summed E-state index contributed by atoms with van der Waals surface area (Å²) in [4.78, 5) is 13.8. The lowest BCUT2D eigenvalue weighted by Gasteiger charge is -2.28. The number of carbonyl (C=O) groups excluding carboxylic acids is 1. The molecule has 0 aromatic heterocycles. The maximum atomic E-state index is 11.8. The van der Waals surface area contributed by atoms with Gasteiger partial charge in [0.15, 0.2) is 0 Å². The van der Waals surface area contributed by atoms with E-state index in [0.29, 0.717) is 18.5 Å². The van der Waals surface area contributed by atoms with Gasteiger partial charge in [-0.1, -0.05) is 13.3 Å². The standard InChI is InChI=1S/C11H22N2O.ClH/c1-9-5-4-6-10(2)13(8-9)11(14)7-12-3;/h9-10,12H,4-8H2,1-3H3;1H. The zero-order valence-electron chi connectivity index (χ0n) is 9.95. The van der Waals surface area contributed by atoms with Crippen LogP contribution in [0.5, 0.6) is 0 Å². The van der Waals surface area contributed by atoms with Crippen LogP contribution in [0.15, 0.2) is 0 Å². The monoisotopic (exact) mass is 234 g/mol. The second kappa shape index (κ2) is 7.07. The third kappa shape index (κ3) is 4.39. The van der Waals surface area contributed by atoms with Crippen molar-refractivity contribution < 1.29 is 4.79 Å². The molecule has 1 N–H and O–H groups in total. The van der Waals surface area contributed by atoms with Gasteiger partial charge in [-0.3, -0.25) is 4.79 Å². The van der Waals surface area contributed by atoms with Gasteiger partial charge >= 0.3 is 0 Å². The fraction of sp³-hybridized carbons (Fsp3) is 0.909. The maximum Gasteiger partial charge on any atom is 0.236 e. The van der Waals surface area contributed by atoms with Crippen LogP contribution in [0.25, 0.3) is 0 Å². The summed E-state index contributed by atoms with van der Waals surface area (Å²) >= 11 is 0. The van der Waals surface area contributed by atoms with Gasteiger partial charge in [-0.05, 0) is 32.7 Å². The van der Waals surface area contributed by atoms with E-state index in [-0.39, 0.29) is 18.3 Å². The average Bonchev–Trinajstić information content (AvgIpc) is 2.29. The second-order valence-electron chi connectivity index (χ2n) is 4.46. The third-order valence-electron chi connectivity index (χ3n) is 3.01. The van der Waals surface area contributed by atoms with Crippen LogP contribution in [0.3, 0.4) is 0 Å². The Morgan fingerprint density at radius 1 is 1.40 bits per heavy atom. The van der Waals surface area contributed by atoms with Gasteiger partial charge in [0, 0.05) is 12.6 Å². The third-order valence-corrected chi connectivity index (χ3v) is 3.01. The van der Waals surface area contributed by atoms with Crippen LogP contribution < -0.4 is 5.32 Å². The Hall–Kier alpha value is -0.280. The van der Waals surface area contributed by atoms with Crippen LogP contribution in [0.2, 0.25) is 0 Å². The molecule has 1 rings (SSSR count). The second-order valence-corrected chi connectivity index (χ2v) is 4.46. The van der Waals surface area contributed by atoms with Crippen molar-refractivity contribution in [3.63, 3.8) is 0 Å². The van der Waals surface area contributed by atoms with Crippen molar-refractivity contribution in [2.24, 2.45) is 5.92 Å². The lowest BCUT2D eigenvalue weighted by molar-refractivity contribution is -0.132. The number of rotatable bonds is 2. The first-order valence-corrected chi connectivity index (χ1v) is 5.59. The van der Waals surface area contributed by atoms with E-state index in [1.54, 1.807) is 0 Å². The van der Waals surface area contributed by atoms with Gasteiger partial charge in [-0.2, -0.15) is 0 Å². The summed E-state index contributed by atoms with van der Waals surface area (Å²) < 4.78 is 0. The molecule has 1 aliphatic rings. The molecule has 1 aliphatic heterocycles. The van der Waals surface area contributed by atoms with E-state index in [4.69, 9.17) is 0 Å². The zero-order chi connectivity index (χ0) is 10.6. The number of hydrogen-bond acceptors (Lipinski definition) is 2. The Balaban J connectivity index is 0.00000196. The van der Waals surface area contributed by atoms with Crippen LogP contribution in [-0.4, -0.2) is 37.0 Å². The van der Waals surface area contributed by atoms with E-state index in [1.165, 1.54) is 12.8 Å². The van der Waals surface area contributed by atoms with Gasteiger partial charge in [-0.15, -0.1) is 12.4 Å². The number of halogens is 1. The van der Waals surface area contributed by atoms with Crippen molar-refractivity contribution in [2.45, 2.75) is 39.2 Å². The molecule has 4 heteroatoms. The summed E-state index contributed by atoms with van der Waals surface area (Å²) in [6, 6.07) is 0.417. The minimum absolute atomic E-state index is 0. The smallest absolute Gasteiger partial charge is 0.236 e. The summed E-state index contributed by atoms with van der Waals surface area (Å²) in [6.07, 6.45) is 3.67. The summed E-state index contributed by atoms with van der Waals surface area (Å²) in [5.74, 6) is 0.898. The maximum absolute atomic E-state index is 11.8. The fourth-order valence-electron chi connectivity index (χ4n) is 2.12. The van der Waals surface area contributed by atoms with Crippen LogP contribution >= 0.6 is 12.4 Å². The largest absolute Gasteiger partial charge is 0.339 e. The lowest BCUT2D eigenvalue weighted by Crippen LogP contribution is -2.43. The number of likely N-dealkylation sites (N-methyl/N-ethyl adjacent to an activating group) is 1. The van der Waals surface area contributed by atoms with Crippen molar-refractivity contribution in [3.8, 4) is 0 Å². The molecule has 90 valence electrons. The summed E-state index contributed by atoms with van der Waals surface area (Å²) in [5.41, 5.74) is 0. The number of nitrogens with one attached hydrogen (secondary N) is 1. The van der Waals surface area contributed by atoms with E-state index < -0.39 is 0 Å². The summed E-state index contributed by atoms with van der Waals surface area (Å²) in [7, 11) is 1.82. The molecule has 3 nitrogen and oxygen atoms in total. The number of nitrogens with zero attached hydrogens (tertiary/aromatic N) is 1. The van der Waals surface area contributed by atoms with E-state index in [0.717, 1.165) is 13.0 Å². The molecular weight excluding hydrogens is 212 g/mol. The van der Waals surface area contributed by atoms with Crippen molar-refractivity contribution in [1.29, 1.82) is 0 Å². The molecule has 1 amide bonds. The number of likely N-dealkylation sites (tertiary alicyclic amines) is 1. The predicted octanol–water partition coefficient (Wildman–Crippen LogP) is 1.66. The van der Waals surface area contributed by atoms with Gasteiger partial charge in [0.2, 0.25) is 5.91 Å². The number of amides is 1. The molecule has 2 unspecified atom stereocenters. The van der Waals surface area contributed by atoms with Crippen LogP contribution in [-0.2, 0) is 4.79 Å². The Bertz CT molecular complexity index is 199. The first-order chi connectivity index (χ1) is 6.65. The Labute approximate surface area is 99.0 Å². The molecule has 0 aromatic carbocycles. The molecule has 0 bridgehead atoms. The SMILES string of the molecule is CNCC(=O)N1CC(C)CCCC1C.Cl. The first kappa shape index (κ1) is 14.7. The molecule has 0 aliphatic carbocycles. The first-order valence-electron chi connectivity index (χ1n) is 5.59. The van der Waals surface area contributed by atoms with E-state index in [2.05, 4.69) is 19.2 Å². The van der Waals surface area contributed by atoms with Crippen LogP contribution in [0.1, 0.15) is 33.1 Å². The Kier molecular flexibility index (Phi) is 6.94. The van der Waals surface area contributed by atoms with E-state index in [1.807, 2.05) is 11.9 Å². The lowest BCUT2D eigenvalue weighted by atomic mass is 10.1. The van der Waals surface area contributed by atoms with Gasteiger partial charge in [0.25, 0.3) is 0 Å². The van der Waals surface area contributed by atoms with E-state index >= 15 is 0 Å². The normalized spacial score (nSPS) is 26.7. The molecule has 0 aromatic rings. The quantitative estimate of drug-likeness (QED) is 0.789. The minimum Gasteiger partial charge on any atom is -0.339 e. The fourth-order valence-corrected chi connectivity index (χ4v) is 2.12. The topological polar surface area (TPSA) is 32.3 Å². The highest BCUT2D eigenvalue weighted by Gasteiger charge is 2.24. The van der Waals surface area contributed by atoms with Gasteiger partial charge in [0.1, 0.15) is 0 Å². The van der Waals surface area contributed by atoms with Crippen molar-refractivity contribution in [2.75, 3.05) is 20.1 Å². The molecule has 1 fully saturated rings. The molecule has 1 saturated heterocycles. The van der Waals surface area contributed by atoms with Crippen molar-refractivity contribution in [3.05, 3.63) is 0 Å². The van der Waals surface area contributed by atoms with Crippen LogP contribution in [0.4, 0.5) is 0 Å². The molecule has 1 heterocycles. The Morgan fingerprint density at radius 2 is 2.07 bits per heavy atom. The van der Waals surface area contributed by atoms with Gasteiger partial charge in [0.05, 0.1) is 6.54 Å². The predicted molar refractivity (Wildman–Crippen MR) is 65.4 cm³/mol. The van der Waals surface area contributed by atoms with Gasteiger partial charge in [-0.25, -0.2) is 0 Å².